The lowest BCUT2D eigenvalue weighted by molar-refractivity contribution is -0.138. The highest BCUT2D eigenvalue weighted by atomic mass is 32.1. The average Bonchev–Trinajstić information content (AvgIpc) is 3.55. The number of oxazole rings is 1. The maximum Gasteiger partial charge on any atom is 0.306 e. The Kier molecular flexibility index (Phi) is 9.77. The molecule has 1 heterocycles. The first-order valence-electron chi connectivity index (χ1n) is 15.9. The van der Waals surface area contributed by atoms with Gasteiger partial charge in [-0.15, -0.1) is 12.6 Å². The van der Waals surface area contributed by atoms with Crippen molar-refractivity contribution in [3.05, 3.63) is 54.6 Å². The molecule has 1 atom stereocenters. The zero-order chi connectivity index (χ0) is 35.7. The smallest absolute Gasteiger partial charge is 0.306 e. The van der Waals surface area contributed by atoms with Crippen molar-refractivity contribution < 1.29 is 47.5 Å². The number of hydrogen-bond acceptors (Lipinski definition) is 11. The Morgan fingerprint density at radius 3 is 1.76 bits per heavy atom. The molecule has 1 unspecified atom stereocenters. The number of ether oxygens (including phenoxy) is 7. The minimum Gasteiger partial charge on any atom is -0.493 e. The highest BCUT2D eigenvalue weighted by Gasteiger charge is 2.24. The van der Waals surface area contributed by atoms with Gasteiger partial charge in [0.2, 0.25) is 5.89 Å². The van der Waals surface area contributed by atoms with Crippen LogP contribution in [0.15, 0.2) is 59.0 Å². The number of hydrogen-bond donors (Lipinski definition) is 2. The van der Waals surface area contributed by atoms with Gasteiger partial charge in [0, 0.05) is 17.4 Å². The Morgan fingerprint density at radius 2 is 1.26 bits per heavy atom. The van der Waals surface area contributed by atoms with Crippen molar-refractivity contribution in [2.45, 2.75) is 37.7 Å². The fourth-order valence-corrected chi connectivity index (χ4v) is 6.39. The number of aliphatic carboxylic acids is 1. The van der Waals surface area contributed by atoms with Gasteiger partial charge in [-0.05, 0) is 95.4 Å². The number of nitrogens with zero attached hydrogens (tertiary/aromatic N) is 1. The molecule has 0 spiro atoms. The molecule has 0 aliphatic carbocycles. The molecule has 50 heavy (non-hydrogen) atoms. The van der Waals surface area contributed by atoms with Crippen molar-refractivity contribution in [1.29, 1.82) is 0 Å². The molecule has 0 amide bonds. The van der Waals surface area contributed by atoms with Crippen LogP contribution in [0.2, 0.25) is 0 Å². The van der Waals surface area contributed by atoms with Crippen LogP contribution in [0.3, 0.4) is 0 Å². The summed E-state index contributed by atoms with van der Waals surface area (Å²) >= 11 is 4.17. The van der Waals surface area contributed by atoms with Gasteiger partial charge in [0.15, 0.2) is 34.3 Å². The molecule has 0 fully saturated rings. The van der Waals surface area contributed by atoms with E-state index in [1.165, 1.54) is 0 Å². The maximum atomic E-state index is 10.9. The third-order valence-electron chi connectivity index (χ3n) is 8.61. The highest BCUT2D eigenvalue weighted by molar-refractivity contribution is 7.80. The van der Waals surface area contributed by atoms with Gasteiger partial charge in [0.1, 0.15) is 22.3 Å². The summed E-state index contributed by atoms with van der Waals surface area (Å²) in [5.74, 6) is 2.96. The van der Waals surface area contributed by atoms with Gasteiger partial charge in [0.05, 0.1) is 48.6 Å². The van der Waals surface area contributed by atoms with E-state index >= 15 is 0 Å². The normalized spacial score (nSPS) is 12.4. The van der Waals surface area contributed by atoms with Crippen LogP contribution in [0.25, 0.3) is 54.9 Å². The van der Waals surface area contributed by atoms with Crippen molar-refractivity contribution in [3.63, 3.8) is 0 Å². The van der Waals surface area contributed by atoms with Crippen molar-refractivity contribution in [3.8, 4) is 46.0 Å². The molecule has 1 aromatic heterocycles. The Bertz CT molecular complexity index is 2170. The third-order valence-corrected chi connectivity index (χ3v) is 8.94. The number of carboxylic acid groups (broad SMARTS) is 1. The van der Waals surface area contributed by atoms with E-state index in [1.807, 2.05) is 68.4 Å². The number of thiol groups is 1. The van der Waals surface area contributed by atoms with Crippen LogP contribution in [0.4, 0.5) is 0 Å². The molecule has 11 nitrogen and oxygen atoms in total. The number of aromatic nitrogens is 1. The molecule has 1 N–H and O–H groups in total. The van der Waals surface area contributed by atoms with Crippen molar-refractivity contribution in [2.75, 3.05) is 42.2 Å². The lowest BCUT2D eigenvalue weighted by Gasteiger charge is -2.27. The van der Waals surface area contributed by atoms with E-state index in [1.54, 1.807) is 35.5 Å². The molecule has 0 aliphatic rings. The average molecular weight is 702 g/mol. The fourth-order valence-electron chi connectivity index (χ4n) is 6.13. The van der Waals surface area contributed by atoms with Crippen LogP contribution in [0, 0.1) is 0 Å². The molecular formula is C38H39NO10S. The molecule has 0 aliphatic heterocycles. The van der Waals surface area contributed by atoms with Gasteiger partial charge in [0.25, 0.3) is 0 Å². The summed E-state index contributed by atoms with van der Waals surface area (Å²) in [7, 11) is 8.04. The van der Waals surface area contributed by atoms with Crippen LogP contribution in [0.1, 0.15) is 26.7 Å². The van der Waals surface area contributed by atoms with Crippen LogP contribution >= 0.6 is 12.6 Å². The van der Waals surface area contributed by atoms with E-state index in [0.717, 1.165) is 37.9 Å². The molecule has 262 valence electrons. The lowest BCUT2D eigenvalue weighted by Crippen LogP contribution is -2.30. The Balaban J connectivity index is 1.45. The lowest BCUT2D eigenvalue weighted by atomic mass is 9.92. The fraction of sp³-hybridized carbons (Fsp3) is 0.316. The summed E-state index contributed by atoms with van der Waals surface area (Å²) in [6.07, 6.45) is 0.352. The van der Waals surface area contributed by atoms with Crippen molar-refractivity contribution in [1.82, 2.24) is 4.98 Å². The monoisotopic (exact) mass is 701 g/mol. The van der Waals surface area contributed by atoms with Crippen LogP contribution in [-0.2, 0) is 9.53 Å². The summed E-state index contributed by atoms with van der Waals surface area (Å²) in [6, 6.07) is 17.3. The zero-order valence-corrected chi connectivity index (χ0v) is 29.8. The molecule has 0 radical (unpaired) electrons. The quantitative estimate of drug-likeness (QED) is 0.0647. The summed E-state index contributed by atoms with van der Waals surface area (Å²) < 4.78 is 46.9. The molecule has 0 saturated carbocycles. The van der Waals surface area contributed by atoms with Gasteiger partial charge >= 0.3 is 5.97 Å². The minimum absolute atomic E-state index is 0.177. The van der Waals surface area contributed by atoms with E-state index in [-0.39, 0.29) is 6.42 Å². The van der Waals surface area contributed by atoms with E-state index in [9.17, 15) is 4.79 Å². The van der Waals surface area contributed by atoms with Crippen LogP contribution in [-0.4, -0.2) is 69.3 Å². The predicted molar refractivity (Wildman–Crippen MR) is 195 cm³/mol. The number of benzene rings is 5. The van der Waals surface area contributed by atoms with Crippen molar-refractivity contribution in [2.24, 2.45) is 0 Å². The standard InChI is InChI=1S/C38H39NO10S/c1-38(2,12-13-47-33(50)19-32(40)41)49-21-10-8-20(9-11-21)37-39-35-34-25-17-30(45-6)29(44-5)15-23(25)22-14-27(42-3)28(43-4)16-24(22)26(34)18-31(46-7)36(35)48-37/h8-11,14-18,33,50H,12-13,19H2,1-7H3,(H,40,41). The van der Waals surface area contributed by atoms with E-state index < -0.39 is 17.0 Å². The third kappa shape index (κ3) is 6.60. The predicted octanol–water partition coefficient (Wildman–Crippen LogP) is 8.29. The van der Waals surface area contributed by atoms with Gasteiger partial charge in [-0.25, -0.2) is 4.98 Å². The van der Waals surface area contributed by atoms with Gasteiger partial charge in [-0.3, -0.25) is 4.79 Å². The number of rotatable bonds is 14. The Hall–Kier alpha value is -5.07. The second-order valence-electron chi connectivity index (χ2n) is 12.3. The summed E-state index contributed by atoms with van der Waals surface area (Å²) in [5.41, 5.74) is 0.602. The molecule has 5 aromatic carbocycles. The Morgan fingerprint density at radius 1 is 0.780 bits per heavy atom. The topological polar surface area (TPSA) is 128 Å². The number of carbonyl (C=O) groups is 1. The van der Waals surface area contributed by atoms with Crippen molar-refractivity contribution >= 4 is 62.0 Å². The van der Waals surface area contributed by atoms with Crippen LogP contribution < -0.4 is 28.4 Å². The minimum atomic E-state index is -0.962. The Labute approximate surface area is 294 Å². The number of fused-ring (bicyclic) bond motifs is 8. The first kappa shape index (κ1) is 34.8. The largest absolute Gasteiger partial charge is 0.493 e. The first-order chi connectivity index (χ1) is 24.0. The molecular weight excluding hydrogens is 662 g/mol. The van der Waals surface area contributed by atoms with Gasteiger partial charge < -0.3 is 42.7 Å². The number of methoxy groups -OCH3 is 5. The SMILES string of the molecule is COc1cc2c3cc(OC)c(OC)cc3c3c(cc(OC)c4oc(-c5ccc(OC(C)(C)CCOC(S)CC(=O)O)cc5)nc43)c2cc1OC. The van der Waals surface area contributed by atoms with E-state index in [4.69, 9.17) is 47.7 Å². The first-order valence-corrected chi connectivity index (χ1v) is 16.4. The molecule has 6 aromatic rings. The number of carboxylic acids is 1. The summed E-state index contributed by atoms with van der Waals surface area (Å²) in [5, 5.41) is 14.3. The maximum absolute atomic E-state index is 10.9. The molecule has 0 saturated heterocycles. The van der Waals surface area contributed by atoms with Gasteiger partial charge in [-0.2, -0.15) is 0 Å². The molecule has 6 rings (SSSR count). The summed E-state index contributed by atoms with van der Waals surface area (Å²) in [6.45, 7) is 4.18. The molecule has 12 heteroatoms. The van der Waals surface area contributed by atoms with E-state index in [2.05, 4.69) is 12.6 Å². The van der Waals surface area contributed by atoms with Gasteiger partial charge in [-0.1, -0.05) is 0 Å². The van der Waals surface area contributed by atoms with Crippen LogP contribution in [0.5, 0.6) is 34.5 Å². The zero-order valence-electron chi connectivity index (χ0n) is 28.9. The molecule has 0 bridgehead atoms. The second kappa shape index (κ2) is 14.0. The van der Waals surface area contributed by atoms with E-state index in [0.29, 0.717) is 64.5 Å². The second-order valence-corrected chi connectivity index (χ2v) is 12.8. The summed E-state index contributed by atoms with van der Waals surface area (Å²) in [4.78, 5) is 15.9. The highest BCUT2D eigenvalue weighted by Crippen LogP contribution is 2.48.